The first kappa shape index (κ1) is 14.2. The molecule has 0 spiro atoms. The van der Waals surface area contributed by atoms with Crippen LogP contribution < -0.4 is 5.32 Å². The van der Waals surface area contributed by atoms with E-state index in [1.165, 1.54) is 4.90 Å². The van der Waals surface area contributed by atoms with Crippen molar-refractivity contribution in [1.82, 2.24) is 4.90 Å². The highest BCUT2D eigenvalue weighted by Crippen LogP contribution is 2.29. The lowest BCUT2D eigenvalue weighted by Gasteiger charge is -2.16. The van der Waals surface area contributed by atoms with E-state index < -0.39 is 5.37 Å². The molecule has 0 radical (unpaired) electrons. The number of carbonyl (C=O) groups is 2. The van der Waals surface area contributed by atoms with E-state index in [0.29, 0.717) is 11.6 Å². The number of amides is 2. The fourth-order valence-corrected chi connectivity index (χ4v) is 2.90. The van der Waals surface area contributed by atoms with Crippen molar-refractivity contribution in [1.29, 1.82) is 0 Å². The zero-order valence-electron chi connectivity index (χ0n) is 10.7. The number of halogens is 1. The van der Waals surface area contributed by atoms with Gasteiger partial charge in [-0.25, -0.2) is 0 Å². The first-order chi connectivity index (χ1) is 8.97. The largest absolute Gasteiger partial charge is 0.365 e. The van der Waals surface area contributed by atoms with Gasteiger partial charge in [0.1, 0.15) is 0 Å². The van der Waals surface area contributed by atoms with E-state index in [2.05, 4.69) is 5.32 Å². The van der Waals surface area contributed by atoms with Crippen molar-refractivity contribution in [3.63, 3.8) is 0 Å². The Morgan fingerprint density at radius 3 is 2.79 bits per heavy atom. The van der Waals surface area contributed by atoms with Crippen molar-refractivity contribution in [2.75, 3.05) is 11.9 Å². The summed E-state index contributed by atoms with van der Waals surface area (Å²) in [6.45, 7) is 4.41. The molecule has 102 valence electrons. The van der Waals surface area contributed by atoms with Crippen LogP contribution in [0.1, 0.15) is 13.8 Å². The van der Waals surface area contributed by atoms with Gasteiger partial charge in [-0.05, 0) is 35.9 Å². The number of benzene rings is 1. The van der Waals surface area contributed by atoms with E-state index >= 15 is 0 Å². The Bertz CT molecular complexity index is 507. The monoisotopic (exact) mass is 298 g/mol. The molecular formula is C13H15ClN2O2S. The molecule has 1 aliphatic rings. The summed E-state index contributed by atoms with van der Waals surface area (Å²) in [5, 5.41) is 2.86. The molecule has 19 heavy (non-hydrogen) atoms. The van der Waals surface area contributed by atoms with Gasteiger partial charge >= 0.3 is 0 Å². The number of hydrogen-bond donors (Lipinski definition) is 1. The van der Waals surface area contributed by atoms with Crippen LogP contribution >= 0.6 is 23.4 Å². The van der Waals surface area contributed by atoms with Gasteiger partial charge in [0.25, 0.3) is 11.1 Å². The summed E-state index contributed by atoms with van der Waals surface area (Å²) in [5.41, 5.74) is 0.734. The maximum absolute atomic E-state index is 12.1. The van der Waals surface area contributed by atoms with Crippen molar-refractivity contribution < 1.29 is 9.59 Å². The van der Waals surface area contributed by atoms with Crippen LogP contribution in [0.15, 0.2) is 24.3 Å². The molecule has 0 aromatic heterocycles. The van der Waals surface area contributed by atoms with Crippen molar-refractivity contribution in [2.45, 2.75) is 19.2 Å². The van der Waals surface area contributed by atoms with Gasteiger partial charge in [-0.2, -0.15) is 0 Å². The standard InChI is InChI=1S/C13H15ClN2O2S/c1-8(2)7-16-12(17)11(19-13(16)18)15-10-5-3-4-9(14)6-10/h3-6,8,11,15H,7H2,1-2H3. The highest BCUT2D eigenvalue weighted by Gasteiger charge is 2.39. The molecule has 1 unspecified atom stereocenters. The van der Waals surface area contributed by atoms with Crippen molar-refractivity contribution in [3.05, 3.63) is 29.3 Å². The quantitative estimate of drug-likeness (QED) is 0.925. The Morgan fingerprint density at radius 2 is 2.16 bits per heavy atom. The van der Waals surface area contributed by atoms with Crippen LogP contribution in [0.5, 0.6) is 0 Å². The van der Waals surface area contributed by atoms with Crippen LogP contribution in [0.2, 0.25) is 5.02 Å². The Balaban J connectivity index is 2.07. The van der Waals surface area contributed by atoms with Gasteiger partial charge in [-0.1, -0.05) is 31.5 Å². The van der Waals surface area contributed by atoms with E-state index in [1.54, 1.807) is 18.2 Å². The number of imide groups is 1. The molecule has 6 heteroatoms. The zero-order valence-corrected chi connectivity index (χ0v) is 12.3. The van der Waals surface area contributed by atoms with Crippen LogP contribution in [0.3, 0.4) is 0 Å². The smallest absolute Gasteiger partial charge is 0.290 e. The molecule has 1 aliphatic heterocycles. The van der Waals surface area contributed by atoms with Crippen molar-refractivity contribution in [3.8, 4) is 0 Å². The number of carbonyl (C=O) groups excluding carboxylic acids is 2. The Kier molecular flexibility index (Phi) is 4.37. The number of thioether (sulfide) groups is 1. The Labute approximate surface area is 121 Å². The minimum Gasteiger partial charge on any atom is -0.365 e. The molecule has 0 saturated carbocycles. The molecule has 2 rings (SSSR count). The third-order valence-electron chi connectivity index (χ3n) is 2.60. The average Bonchev–Trinajstić information content (AvgIpc) is 2.57. The van der Waals surface area contributed by atoms with E-state index in [0.717, 1.165) is 17.4 Å². The summed E-state index contributed by atoms with van der Waals surface area (Å²) in [6.07, 6.45) is 0. The minimum atomic E-state index is -0.565. The fraction of sp³-hybridized carbons (Fsp3) is 0.385. The Morgan fingerprint density at radius 1 is 1.42 bits per heavy atom. The summed E-state index contributed by atoms with van der Waals surface area (Å²) in [7, 11) is 0. The maximum atomic E-state index is 12.1. The summed E-state index contributed by atoms with van der Waals surface area (Å²) in [5.74, 6) is 0.0714. The van der Waals surface area contributed by atoms with Gasteiger partial charge in [0.05, 0.1) is 0 Å². The fourth-order valence-electron chi connectivity index (χ4n) is 1.80. The predicted molar refractivity (Wildman–Crippen MR) is 78.4 cm³/mol. The third kappa shape index (κ3) is 3.42. The van der Waals surface area contributed by atoms with Crippen LogP contribution in [0, 0.1) is 5.92 Å². The molecule has 1 saturated heterocycles. The van der Waals surface area contributed by atoms with Gasteiger partial charge in [-0.15, -0.1) is 0 Å². The molecule has 0 bridgehead atoms. The topological polar surface area (TPSA) is 49.4 Å². The number of nitrogens with one attached hydrogen (secondary N) is 1. The molecular weight excluding hydrogens is 284 g/mol. The number of nitrogens with zero attached hydrogens (tertiary/aromatic N) is 1. The number of rotatable bonds is 4. The molecule has 4 nitrogen and oxygen atoms in total. The summed E-state index contributed by atoms with van der Waals surface area (Å²) in [4.78, 5) is 25.2. The predicted octanol–water partition coefficient (Wildman–Crippen LogP) is 3.43. The van der Waals surface area contributed by atoms with Crippen LogP contribution in [-0.2, 0) is 4.79 Å². The summed E-state index contributed by atoms with van der Waals surface area (Å²) < 4.78 is 0. The Hall–Kier alpha value is -1.20. The molecule has 1 N–H and O–H groups in total. The number of anilines is 1. The first-order valence-electron chi connectivity index (χ1n) is 6.01. The lowest BCUT2D eigenvalue weighted by Crippen LogP contribution is -2.36. The second-order valence-corrected chi connectivity index (χ2v) is 6.25. The lowest BCUT2D eigenvalue weighted by molar-refractivity contribution is -0.126. The van der Waals surface area contributed by atoms with E-state index in [4.69, 9.17) is 11.6 Å². The second-order valence-electron chi connectivity index (χ2n) is 4.76. The number of hydrogen-bond acceptors (Lipinski definition) is 4. The van der Waals surface area contributed by atoms with Crippen LogP contribution in [0.25, 0.3) is 0 Å². The molecule has 1 fully saturated rings. The molecule has 1 heterocycles. The molecule has 2 amide bonds. The second kappa shape index (κ2) is 5.84. The molecule has 1 aromatic carbocycles. The van der Waals surface area contributed by atoms with E-state index in [-0.39, 0.29) is 17.1 Å². The SMILES string of the molecule is CC(C)CN1C(=O)SC(Nc2cccc(Cl)c2)C1=O. The van der Waals surface area contributed by atoms with Crippen molar-refractivity contribution in [2.24, 2.45) is 5.92 Å². The van der Waals surface area contributed by atoms with Crippen LogP contribution in [-0.4, -0.2) is 28.0 Å². The molecule has 0 aliphatic carbocycles. The third-order valence-corrected chi connectivity index (χ3v) is 3.81. The molecule has 1 atom stereocenters. The lowest BCUT2D eigenvalue weighted by atomic mass is 10.2. The highest BCUT2D eigenvalue weighted by molar-refractivity contribution is 8.15. The van der Waals surface area contributed by atoms with Gasteiger partial charge in [0, 0.05) is 17.3 Å². The van der Waals surface area contributed by atoms with Gasteiger partial charge in [0.15, 0.2) is 5.37 Å². The van der Waals surface area contributed by atoms with E-state index in [1.807, 2.05) is 19.9 Å². The maximum Gasteiger partial charge on any atom is 0.290 e. The summed E-state index contributed by atoms with van der Waals surface area (Å²) in [6, 6.07) is 7.09. The first-order valence-corrected chi connectivity index (χ1v) is 7.27. The van der Waals surface area contributed by atoms with Crippen molar-refractivity contribution >= 4 is 40.2 Å². The highest BCUT2D eigenvalue weighted by atomic mass is 35.5. The zero-order chi connectivity index (χ0) is 14.0. The van der Waals surface area contributed by atoms with Gasteiger partial charge in [0.2, 0.25) is 0 Å². The summed E-state index contributed by atoms with van der Waals surface area (Å²) >= 11 is 6.89. The normalized spacial score (nSPS) is 19.4. The van der Waals surface area contributed by atoms with Gasteiger partial charge in [-0.3, -0.25) is 14.5 Å². The van der Waals surface area contributed by atoms with Gasteiger partial charge < -0.3 is 5.32 Å². The van der Waals surface area contributed by atoms with Crippen LogP contribution in [0.4, 0.5) is 10.5 Å². The average molecular weight is 299 g/mol. The van der Waals surface area contributed by atoms with E-state index in [9.17, 15) is 9.59 Å². The molecule has 1 aromatic rings. The minimum absolute atomic E-state index is 0.191.